The molecule has 1 N–H and O–H groups in total. The highest BCUT2D eigenvalue weighted by molar-refractivity contribution is 7.86. The zero-order valence-electron chi connectivity index (χ0n) is 17.8. The predicted octanol–water partition coefficient (Wildman–Crippen LogP) is 1.91. The number of anilines is 1. The van der Waals surface area contributed by atoms with Crippen LogP contribution in [0.4, 0.5) is 10.7 Å². The lowest BCUT2D eigenvalue weighted by atomic mass is 9.88. The zero-order valence-corrected chi connectivity index (χ0v) is 18.6. The molecule has 1 aromatic heterocycles. The van der Waals surface area contributed by atoms with E-state index in [4.69, 9.17) is 8.92 Å². The van der Waals surface area contributed by atoms with Crippen LogP contribution in [-0.4, -0.2) is 79.0 Å². The number of aryl methyl sites for hydroxylation is 1. The second-order valence-electron chi connectivity index (χ2n) is 8.17. The molecule has 1 atom stereocenters. The SMILES string of the molecule is Cc1ccc(S(=O)(=O)OCC2CN(c3ncccn3)CC3(CCN(C(=O)O)CC3)O2)cc1. The number of piperidine rings is 1. The quantitative estimate of drug-likeness (QED) is 0.664. The lowest BCUT2D eigenvalue weighted by molar-refractivity contribution is -0.139. The van der Waals surface area contributed by atoms with Crippen LogP contribution < -0.4 is 4.90 Å². The van der Waals surface area contributed by atoms with Gasteiger partial charge in [0.1, 0.15) is 6.10 Å². The number of amides is 1. The van der Waals surface area contributed by atoms with E-state index in [2.05, 4.69) is 9.97 Å². The van der Waals surface area contributed by atoms with Gasteiger partial charge in [0.05, 0.1) is 23.6 Å². The van der Waals surface area contributed by atoms with Crippen LogP contribution in [-0.2, 0) is 19.0 Å². The number of benzene rings is 1. The summed E-state index contributed by atoms with van der Waals surface area (Å²) in [6, 6.07) is 8.18. The summed E-state index contributed by atoms with van der Waals surface area (Å²) >= 11 is 0. The van der Waals surface area contributed by atoms with Crippen molar-refractivity contribution in [2.24, 2.45) is 0 Å². The molecule has 11 heteroatoms. The van der Waals surface area contributed by atoms with Crippen molar-refractivity contribution in [2.45, 2.75) is 36.4 Å². The smallest absolute Gasteiger partial charge is 0.407 e. The number of carbonyl (C=O) groups is 1. The van der Waals surface area contributed by atoms with Crippen LogP contribution in [0.3, 0.4) is 0 Å². The van der Waals surface area contributed by atoms with Crippen LogP contribution in [0, 0.1) is 6.92 Å². The van der Waals surface area contributed by atoms with E-state index in [-0.39, 0.29) is 11.5 Å². The summed E-state index contributed by atoms with van der Waals surface area (Å²) in [5, 5.41) is 9.27. The number of hydrogen-bond donors (Lipinski definition) is 1. The van der Waals surface area contributed by atoms with E-state index < -0.39 is 27.9 Å². The number of likely N-dealkylation sites (tertiary alicyclic amines) is 1. The average Bonchev–Trinajstić information content (AvgIpc) is 2.79. The highest BCUT2D eigenvalue weighted by atomic mass is 32.2. The number of morpholine rings is 1. The van der Waals surface area contributed by atoms with Gasteiger partial charge in [-0.3, -0.25) is 4.18 Å². The summed E-state index contributed by atoms with van der Waals surface area (Å²) in [5.74, 6) is 0.516. The first-order chi connectivity index (χ1) is 15.3. The van der Waals surface area contributed by atoms with Gasteiger partial charge in [-0.15, -0.1) is 0 Å². The van der Waals surface area contributed by atoms with Crippen LogP contribution in [0.2, 0.25) is 0 Å². The van der Waals surface area contributed by atoms with Crippen LogP contribution in [0.15, 0.2) is 47.6 Å². The Morgan fingerprint density at radius 1 is 1.22 bits per heavy atom. The topological polar surface area (TPSA) is 122 Å². The van der Waals surface area contributed by atoms with Crippen LogP contribution >= 0.6 is 0 Å². The van der Waals surface area contributed by atoms with Crippen LogP contribution in [0.1, 0.15) is 18.4 Å². The highest BCUT2D eigenvalue weighted by Crippen LogP contribution is 2.34. The first kappa shape index (κ1) is 22.4. The van der Waals surface area contributed by atoms with Crippen molar-refractivity contribution < 1.29 is 27.2 Å². The molecule has 1 spiro atoms. The van der Waals surface area contributed by atoms with Gasteiger partial charge in [0.25, 0.3) is 10.1 Å². The molecule has 3 heterocycles. The average molecular weight is 463 g/mol. The zero-order chi connectivity index (χ0) is 22.8. The van der Waals surface area contributed by atoms with E-state index >= 15 is 0 Å². The van der Waals surface area contributed by atoms with E-state index in [0.29, 0.717) is 45.0 Å². The lowest BCUT2D eigenvalue weighted by Gasteiger charge is -2.49. The van der Waals surface area contributed by atoms with Crippen molar-refractivity contribution in [3.8, 4) is 0 Å². The molecule has 1 amide bonds. The fourth-order valence-electron chi connectivity index (χ4n) is 4.10. The van der Waals surface area contributed by atoms with Crippen LogP contribution in [0.5, 0.6) is 0 Å². The molecular formula is C21H26N4O6S. The molecule has 0 aliphatic carbocycles. The van der Waals surface area contributed by atoms with E-state index in [0.717, 1.165) is 5.56 Å². The summed E-state index contributed by atoms with van der Waals surface area (Å²) in [7, 11) is -3.94. The molecular weight excluding hydrogens is 436 g/mol. The lowest BCUT2D eigenvalue weighted by Crippen LogP contribution is -2.61. The summed E-state index contributed by atoms with van der Waals surface area (Å²) in [5.41, 5.74) is 0.318. The van der Waals surface area contributed by atoms with Gasteiger partial charge in [0.15, 0.2) is 0 Å². The summed E-state index contributed by atoms with van der Waals surface area (Å²) in [6.07, 6.45) is 2.76. The largest absolute Gasteiger partial charge is 0.465 e. The second kappa shape index (κ2) is 9.00. The van der Waals surface area contributed by atoms with Crippen molar-refractivity contribution in [1.29, 1.82) is 0 Å². The highest BCUT2D eigenvalue weighted by Gasteiger charge is 2.44. The van der Waals surface area contributed by atoms with Crippen LogP contribution in [0.25, 0.3) is 0 Å². The van der Waals surface area contributed by atoms with Crippen molar-refractivity contribution in [2.75, 3.05) is 37.7 Å². The number of ether oxygens (including phenoxy) is 1. The molecule has 1 unspecified atom stereocenters. The number of rotatable bonds is 5. The molecule has 1 aromatic carbocycles. The number of aromatic nitrogens is 2. The molecule has 2 fully saturated rings. The maximum atomic E-state index is 12.6. The maximum Gasteiger partial charge on any atom is 0.407 e. The molecule has 2 aliphatic heterocycles. The molecule has 172 valence electrons. The van der Waals surface area contributed by atoms with Gasteiger partial charge < -0.3 is 19.6 Å². The van der Waals surface area contributed by atoms with Crippen molar-refractivity contribution >= 4 is 22.2 Å². The van der Waals surface area contributed by atoms with Gasteiger partial charge in [0, 0.05) is 32.0 Å². The molecule has 2 aliphatic rings. The van der Waals surface area contributed by atoms with Gasteiger partial charge in [-0.05, 0) is 38.0 Å². The minimum absolute atomic E-state index is 0.0895. The van der Waals surface area contributed by atoms with Crippen molar-refractivity contribution in [1.82, 2.24) is 14.9 Å². The summed E-state index contributed by atoms with van der Waals surface area (Å²) < 4.78 is 37.0. The first-order valence-corrected chi connectivity index (χ1v) is 11.8. The minimum Gasteiger partial charge on any atom is -0.465 e. The van der Waals surface area contributed by atoms with Gasteiger partial charge >= 0.3 is 6.09 Å². The Bertz CT molecular complexity index is 1040. The van der Waals surface area contributed by atoms with Gasteiger partial charge in [0.2, 0.25) is 5.95 Å². The predicted molar refractivity (Wildman–Crippen MR) is 115 cm³/mol. The molecule has 2 saturated heterocycles. The van der Waals surface area contributed by atoms with E-state index in [1.54, 1.807) is 30.6 Å². The monoisotopic (exact) mass is 462 g/mol. The van der Waals surface area contributed by atoms with E-state index in [1.165, 1.54) is 17.0 Å². The third-order valence-electron chi connectivity index (χ3n) is 5.82. The second-order valence-corrected chi connectivity index (χ2v) is 9.79. The van der Waals surface area contributed by atoms with E-state index in [9.17, 15) is 18.3 Å². The third-order valence-corrected chi connectivity index (χ3v) is 7.11. The Morgan fingerprint density at radius 2 is 1.88 bits per heavy atom. The Morgan fingerprint density at radius 3 is 2.50 bits per heavy atom. The molecule has 0 radical (unpaired) electrons. The Kier molecular flexibility index (Phi) is 6.31. The number of carboxylic acid groups (broad SMARTS) is 1. The fourth-order valence-corrected chi connectivity index (χ4v) is 5.04. The van der Waals surface area contributed by atoms with Gasteiger partial charge in [-0.1, -0.05) is 17.7 Å². The molecule has 0 saturated carbocycles. The number of nitrogens with zero attached hydrogens (tertiary/aromatic N) is 4. The Hall–Kier alpha value is -2.76. The molecule has 4 rings (SSSR count). The molecule has 10 nitrogen and oxygen atoms in total. The van der Waals surface area contributed by atoms with Crippen molar-refractivity contribution in [3.63, 3.8) is 0 Å². The maximum absolute atomic E-state index is 12.6. The minimum atomic E-state index is -3.94. The standard InChI is InChI=1S/C21H26N4O6S/c1-16-3-5-18(6-4-16)32(28,29)30-14-17-13-25(19-22-9-2-10-23-19)15-21(31-17)7-11-24(12-8-21)20(26)27/h2-6,9-10,17H,7-8,11-15H2,1H3,(H,26,27). The van der Waals surface area contributed by atoms with Gasteiger partial charge in [-0.2, -0.15) is 8.42 Å². The third kappa shape index (κ3) is 5.00. The summed E-state index contributed by atoms with van der Waals surface area (Å²) in [6.45, 7) is 3.25. The normalized spacial score (nSPS) is 21.0. The molecule has 2 aromatic rings. The Balaban J connectivity index is 1.50. The van der Waals surface area contributed by atoms with E-state index in [1.807, 2.05) is 11.8 Å². The van der Waals surface area contributed by atoms with Crippen molar-refractivity contribution in [3.05, 3.63) is 48.3 Å². The number of hydrogen-bond acceptors (Lipinski definition) is 8. The molecule has 0 bridgehead atoms. The fraction of sp³-hybridized carbons (Fsp3) is 0.476. The van der Waals surface area contributed by atoms with Gasteiger partial charge in [-0.25, -0.2) is 14.8 Å². The Labute approximate surface area is 186 Å². The summed E-state index contributed by atoms with van der Waals surface area (Å²) in [4.78, 5) is 23.4. The first-order valence-electron chi connectivity index (χ1n) is 10.4. The molecule has 32 heavy (non-hydrogen) atoms.